The quantitative estimate of drug-likeness (QED) is 0.597. The molecular formula is C13H12ClNO2. The van der Waals surface area contributed by atoms with Crippen LogP contribution < -0.4 is 0 Å². The van der Waals surface area contributed by atoms with Gasteiger partial charge < -0.3 is 0 Å². The normalized spacial score (nSPS) is 18.5. The first-order valence-electron chi connectivity index (χ1n) is 5.53. The van der Waals surface area contributed by atoms with Crippen LogP contribution in [0.25, 0.3) is 0 Å². The maximum Gasteiger partial charge on any atom is 0.235 e. The van der Waals surface area contributed by atoms with Crippen LogP contribution in [0.15, 0.2) is 29.3 Å². The summed E-state index contributed by atoms with van der Waals surface area (Å²) in [6.45, 7) is 0. The van der Waals surface area contributed by atoms with Crippen molar-refractivity contribution in [3.8, 4) is 0 Å². The van der Waals surface area contributed by atoms with E-state index in [4.69, 9.17) is 11.6 Å². The van der Waals surface area contributed by atoms with Gasteiger partial charge in [-0.1, -0.05) is 23.7 Å². The Morgan fingerprint density at radius 1 is 1.18 bits per heavy atom. The van der Waals surface area contributed by atoms with E-state index in [0.29, 0.717) is 30.7 Å². The summed E-state index contributed by atoms with van der Waals surface area (Å²) in [6, 6.07) is 7.27. The number of carbonyl (C=O) groups is 1. The molecule has 1 aromatic carbocycles. The van der Waals surface area contributed by atoms with Gasteiger partial charge in [-0.15, -0.1) is 0 Å². The summed E-state index contributed by atoms with van der Waals surface area (Å²) >= 11 is 5.83. The highest BCUT2D eigenvalue weighted by atomic mass is 35.5. The largest absolute Gasteiger partial charge is 0.300 e. The first-order chi connectivity index (χ1) is 8.16. The van der Waals surface area contributed by atoms with E-state index in [0.717, 1.165) is 5.56 Å². The van der Waals surface area contributed by atoms with Gasteiger partial charge in [-0.05, 0) is 30.5 Å². The number of isocyanates is 1. The molecule has 0 bridgehead atoms. The number of halogens is 1. The van der Waals surface area contributed by atoms with Crippen LogP contribution >= 0.6 is 11.6 Å². The molecule has 0 amide bonds. The predicted octanol–water partition coefficient (Wildman–Crippen LogP) is 3.01. The lowest BCUT2D eigenvalue weighted by Crippen LogP contribution is -2.30. The second kappa shape index (κ2) is 4.82. The zero-order chi connectivity index (χ0) is 12.3. The fraction of sp³-hybridized carbons (Fsp3) is 0.385. The van der Waals surface area contributed by atoms with Gasteiger partial charge in [0.1, 0.15) is 5.78 Å². The van der Waals surface area contributed by atoms with Crippen molar-refractivity contribution in [1.82, 2.24) is 0 Å². The summed E-state index contributed by atoms with van der Waals surface area (Å²) in [4.78, 5) is 25.8. The Morgan fingerprint density at radius 3 is 2.29 bits per heavy atom. The van der Waals surface area contributed by atoms with Gasteiger partial charge in [-0.25, -0.2) is 4.79 Å². The molecule has 1 saturated carbocycles. The Kier molecular flexibility index (Phi) is 3.41. The third kappa shape index (κ3) is 2.46. The molecule has 1 aliphatic carbocycles. The first kappa shape index (κ1) is 12.0. The van der Waals surface area contributed by atoms with Crippen molar-refractivity contribution >= 4 is 23.5 Å². The molecule has 4 heteroatoms. The molecule has 0 saturated heterocycles. The molecule has 88 valence electrons. The lowest BCUT2D eigenvalue weighted by atomic mass is 9.77. The molecule has 0 N–H and O–H groups in total. The van der Waals surface area contributed by atoms with E-state index in [1.807, 2.05) is 12.1 Å². The fourth-order valence-corrected chi connectivity index (χ4v) is 2.38. The van der Waals surface area contributed by atoms with Gasteiger partial charge >= 0.3 is 0 Å². The molecule has 1 aromatic rings. The van der Waals surface area contributed by atoms with Crippen molar-refractivity contribution in [2.24, 2.45) is 4.99 Å². The van der Waals surface area contributed by atoms with Crippen LogP contribution in [-0.2, 0) is 15.1 Å². The monoisotopic (exact) mass is 249 g/mol. The molecule has 1 aliphatic rings. The zero-order valence-corrected chi connectivity index (χ0v) is 10.0. The summed E-state index contributed by atoms with van der Waals surface area (Å²) in [5.74, 6) is 0.232. The minimum absolute atomic E-state index is 0.232. The third-order valence-corrected chi connectivity index (χ3v) is 3.53. The Morgan fingerprint density at radius 2 is 1.76 bits per heavy atom. The van der Waals surface area contributed by atoms with E-state index < -0.39 is 5.54 Å². The summed E-state index contributed by atoms with van der Waals surface area (Å²) in [5.41, 5.74) is 0.345. The highest BCUT2D eigenvalue weighted by Gasteiger charge is 2.36. The van der Waals surface area contributed by atoms with Crippen LogP contribution in [0.2, 0.25) is 5.02 Å². The SMILES string of the molecule is O=C=NC1(c2ccc(Cl)cc2)CCC(=O)CC1. The van der Waals surface area contributed by atoms with Crippen molar-refractivity contribution in [1.29, 1.82) is 0 Å². The molecule has 0 aliphatic heterocycles. The van der Waals surface area contributed by atoms with E-state index >= 15 is 0 Å². The van der Waals surface area contributed by atoms with E-state index in [1.165, 1.54) is 0 Å². The van der Waals surface area contributed by atoms with Gasteiger partial charge in [-0.3, -0.25) is 4.79 Å². The summed E-state index contributed by atoms with van der Waals surface area (Å²) in [5, 5.41) is 0.644. The summed E-state index contributed by atoms with van der Waals surface area (Å²) in [6.07, 6.45) is 3.71. The Balaban J connectivity index is 2.37. The molecule has 0 aromatic heterocycles. The van der Waals surface area contributed by atoms with Crippen LogP contribution in [0, 0.1) is 0 Å². The van der Waals surface area contributed by atoms with E-state index in [9.17, 15) is 9.59 Å². The lowest BCUT2D eigenvalue weighted by Gasteiger charge is -2.31. The molecule has 0 spiro atoms. The minimum Gasteiger partial charge on any atom is -0.300 e. The molecule has 0 radical (unpaired) electrons. The van der Waals surface area contributed by atoms with Gasteiger partial charge in [0, 0.05) is 17.9 Å². The molecule has 0 unspecified atom stereocenters. The minimum atomic E-state index is -0.583. The third-order valence-electron chi connectivity index (χ3n) is 3.28. The number of aliphatic imine (C=N–C) groups is 1. The number of hydrogen-bond acceptors (Lipinski definition) is 3. The molecule has 0 heterocycles. The number of nitrogens with zero attached hydrogens (tertiary/aromatic N) is 1. The van der Waals surface area contributed by atoms with E-state index in [-0.39, 0.29) is 5.78 Å². The van der Waals surface area contributed by atoms with Crippen LogP contribution in [0.5, 0.6) is 0 Å². The number of benzene rings is 1. The first-order valence-corrected chi connectivity index (χ1v) is 5.91. The second-order valence-electron chi connectivity index (χ2n) is 4.28. The topological polar surface area (TPSA) is 46.5 Å². The molecule has 0 atom stereocenters. The number of carbonyl (C=O) groups excluding carboxylic acids is 2. The van der Waals surface area contributed by atoms with Crippen molar-refractivity contribution in [3.05, 3.63) is 34.9 Å². The van der Waals surface area contributed by atoms with Gasteiger partial charge in [0.05, 0.1) is 5.54 Å². The standard InChI is InChI=1S/C13H12ClNO2/c14-11-3-1-10(2-4-11)13(15-9-16)7-5-12(17)6-8-13/h1-4H,5-8H2. The second-order valence-corrected chi connectivity index (χ2v) is 4.72. The van der Waals surface area contributed by atoms with Crippen LogP contribution in [0.4, 0.5) is 0 Å². The van der Waals surface area contributed by atoms with Crippen LogP contribution in [0.3, 0.4) is 0 Å². The van der Waals surface area contributed by atoms with Gasteiger partial charge in [0.25, 0.3) is 0 Å². The van der Waals surface area contributed by atoms with Crippen LogP contribution in [-0.4, -0.2) is 11.9 Å². The van der Waals surface area contributed by atoms with Gasteiger partial charge in [-0.2, -0.15) is 4.99 Å². The number of hydrogen-bond donors (Lipinski definition) is 0. The number of ketones is 1. The van der Waals surface area contributed by atoms with Crippen molar-refractivity contribution < 1.29 is 9.59 Å². The highest BCUT2D eigenvalue weighted by molar-refractivity contribution is 6.30. The number of rotatable bonds is 2. The maximum absolute atomic E-state index is 11.3. The smallest absolute Gasteiger partial charge is 0.235 e. The molecule has 2 rings (SSSR count). The predicted molar refractivity (Wildman–Crippen MR) is 64.7 cm³/mol. The van der Waals surface area contributed by atoms with Crippen molar-refractivity contribution in [3.63, 3.8) is 0 Å². The van der Waals surface area contributed by atoms with Crippen molar-refractivity contribution in [2.45, 2.75) is 31.2 Å². The van der Waals surface area contributed by atoms with Crippen molar-refractivity contribution in [2.75, 3.05) is 0 Å². The summed E-state index contributed by atoms with van der Waals surface area (Å²) in [7, 11) is 0. The lowest BCUT2D eigenvalue weighted by molar-refractivity contribution is -0.121. The number of Topliss-reactive ketones (excluding diaryl/α,β-unsaturated/α-hetero) is 1. The van der Waals surface area contributed by atoms with Gasteiger partial charge in [0.15, 0.2) is 0 Å². The molecular weight excluding hydrogens is 238 g/mol. The van der Waals surface area contributed by atoms with Gasteiger partial charge in [0.2, 0.25) is 6.08 Å². The fourth-order valence-electron chi connectivity index (χ4n) is 2.25. The summed E-state index contributed by atoms with van der Waals surface area (Å²) < 4.78 is 0. The van der Waals surface area contributed by atoms with E-state index in [1.54, 1.807) is 18.2 Å². The van der Waals surface area contributed by atoms with E-state index in [2.05, 4.69) is 4.99 Å². The van der Waals surface area contributed by atoms with Crippen LogP contribution in [0.1, 0.15) is 31.2 Å². The molecule has 17 heavy (non-hydrogen) atoms. The molecule has 3 nitrogen and oxygen atoms in total. The average molecular weight is 250 g/mol. The Hall–Kier alpha value is -1.44. The zero-order valence-electron chi connectivity index (χ0n) is 9.28. The maximum atomic E-state index is 11.3. The average Bonchev–Trinajstić information content (AvgIpc) is 2.34. The highest BCUT2D eigenvalue weighted by Crippen LogP contribution is 2.39. The Labute approximate surface area is 105 Å². The molecule has 1 fully saturated rings. The Bertz CT molecular complexity index is 465.